The quantitative estimate of drug-likeness (QED) is 0.202. The van der Waals surface area contributed by atoms with Gasteiger partial charge in [0.05, 0.1) is 35.3 Å². The summed E-state index contributed by atoms with van der Waals surface area (Å²) in [6.07, 6.45) is 6.70. The average Bonchev–Trinajstić information content (AvgIpc) is 3.72. The third-order valence-corrected chi connectivity index (χ3v) is 7.95. The standard InChI is InChI=1S/C33H31F3N8O/c1-43(2)7-8-45-24-11-21(10-23(34)12-24)31-25-14-29(40-27(25)3-5-38-31)32-26-13-28(39-17-30(26)41-42-32)22-9-20(15-37-16-22)18-44-6-4-33(35,36)19-44/h3,5,9-17,40H,4,6-8,18-19H2,1-2H3,(H,41,42). The molecular formula is C33H31F3N8O. The van der Waals surface area contributed by atoms with Crippen LogP contribution < -0.4 is 4.74 Å². The predicted octanol–water partition coefficient (Wildman–Crippen LogP) is 6.15. The van der Waals surface area contributed by atoms with Crippen LogP contribution in [0.25, 0.3) is 55.7 Å². The number of halogens is 3. The average molecular weight is 613 g/mol. The Balaban J connectivity index is 1.20. The van der Waals surface area contributed by atoms with Gasteiger partial charge in [0.2, 0.25) is 0 Å². The Kier molecular flexibility index (Phi) is 7.46. The van der Waals surface area contributed by atoms with Gasteiger partial charge in [-0.25, -0.2) is 13.2 Å². The molecule has 1 aliphatic rings. The molecule has 0 aliphatic carbocycles. The third-order valence-electron chi connectivity index (χ3n) is 7.95. The minimum Gasteiger partial charge on any atom is -0.492 e. The first-order valence-corrected chi connectivity index (χ1v) is 14.7. The highest BCUT2D eigenvalue weighted by Gasteiger charge is 2.37. The number of aromatic nitrogens is 6. The summed E-state index contributed by atoms with van der Waals surface area (Å²) < 4.78 is 47.9. The van der Waals surface area contributed by atoms with Crippen LogP contribution in [0.5, 0.6) is 5.75 Å². The summed E-state index contributed by atoms with van der Waals surface area (Å²) in [5.41, 5.74) is 6.55. The van der Waals surface area contributed by atoms with Gasteiger partial charge in [-0.3, -0.25) is 25.0 Å². The molecule has 0 spiro atoms. The number of nitrogens with one attached hydrogen (secondary N) is 2. The van der Waals surface area contributed by atoms with Crippen molar-refractivity contribution in [2.45, 2.75) is 18.9 Å². The van der Waals surface area contributed by atoms with Gasteiger partial charge >= 0.3 is 0 Å². The highest BCUT2D eigenvalue weighted by molar-refractivity contribution is 6.00. The zero-order valence-electron chi connectivity index (χ0n) is 24.8. The van der Waals surface area contributed by atoms with Gasteiger partial charge in [-0.2, -0.15) is 5.10 Å². The monoisotopic (exact) mass is 612 g/mol. The van der Waals surface area contributed by atoms with Crippen LogP contribution in [0.3, 0.4) is 0 Å². The molecule has 12 heteroatoms. The Morgan fingerprint density at radius 1 is 0.956 bits per heavy atom. The van der Waals surface area contributed by atoms with E-state index in [9.17, 15) is 13.2 Å². The molecule has 0 amide bonds. The molecule has 1 fully saturated rings. The Bertz CT molecular complexity index is 2000. The number of H-pyrrole nitrogens is 2. The number of fused-ring (bicyclic) bond motifs is 2. The van der Waals surface area contributed by atoms with Crippen LogP contribution in [0.2, 0.25) is 0 Å². The normalized spacial score (nSPS) is 15.1. The maximum absolute atomic E-state index is 14.7. The lowest BCUT2D eigenvalue weighted by molar-refractivity contribution is 0.0115. The van der Waals surface area contributed by atoms with Crippen molar-refractivity contribution in [1.82, 2.24) is 39.9 Å². The number of nitrogens with zero attached hydrogens (tertiary/aromatic N) is 6. The zero-order valence-corrected chi connectivity index (χ0v) is 24.8. The number of likely N-dealkylation sites (tertiary alicyclic amines) is 1. The summed E-state index contributed by atoms with van der Waals surface area (Å²) in [5, 5.41) is 9.29. The topological polar surface area (TPSA) is 98.8 Å². The van der Waals surface area contributed by atoms with Gasteiger partial charge in [-0.05, 0) is 56.1 Å². The fourth-order valence-electron chi connectivity index (χ4n) is 5.73. The minimum atomic E-state index is -2.64. The largest absolute Gasteiger partial charge is 0.492 e. The van der Waals surface area contributed by atoms with E-state index in [0.29, 0.717) is 54.6 Å². The highest BCUT2D eigenvalue weighted by atomic mass is 19.3. The van der Waals surface area contributed by atoms with Crippen LogP contribution in [-0.2, 0) is 6.54 Å². The molecule has 6 heterocycles. The van der Waals surface area contributed by atoms with Crippen LogP contribution in [-0.4, -0.2) is 86.2 Å². The number of hydrogen-bond acceptors (Lipinski definition) is 7. The molecule has 9 nitrogen and oxygen atoms in total. The van der Waals surface area contributed by atoms with Crippen molar-refractivity contribution in [1.29, 1.82) is 0 Å². The number of benzene rings is 1. The van der Waals surface area contributed by atoms with Crippen LogP contribution in [0.4, 0.5) is 13.2 Å². The van der Waals surface area contributed by atoms with E-state index in [0.717, 1.165) is 38.6 Å². The molecule has 7 rings (SSSR count). The summed E-state index contributed by atoms with van der Waals surface area (Å²) in [4.78, 5) is 20.7. The molecule has 6 aromatic rings. The summed E-state index contributed by atoms with van der Waals surface area (Å²) in [5.74, 6) is -2.61. The van der Waals surface area contributed by atoms with E-state index < -0.39 is 11.7 Å². The maximum Gasteiger partial charge on any atom is 0.261 e. The Morgan fingerprint density at radius 3 is 2.64 bits per heavy atom. The SMILES string of the molecule is CN(C)CCOc1cc(F)cc(-c2nccc3[nH]c(-c4n[nH]c5cnc(-c6cncc(CN7CCC(F)(F)C7)c6)cc45)cc23)c1. The molecule has 5 aromatic heterocycles. The highest BCUT2D eigenvalue weighted by Crippen LogP contribution is 2.35. The first kappa shape index (κ1) is 28.9. The Hall–Kier alpha value is -4.81. The van der Waals surface area contributed by atoms with Crippen molar-refractivity contribution >= 4 is 21.8 Å². The van der Waals surface area contributed by atoms with Crippen LogP contribution in [0.15, 0.2) is 67.3 Å². The number of aromatic amines is 2. The minimum absolute atomic E-state index is 0.123. The first-order chi connectivity index (χ1) is 21.7. The van der Waals surface area contributed by atoms with E-state index in [1.807, 2.05) is 43.3 Å². The van der Waals surface area contributed by atoms with E-state index in [2.05, 4.69) is 30.1 Å². The van der Waals surface area contributed by atoms with Crippen LogP contribution in [0, 0.1) is 5.82 Å². The first-order valence-electron chi connectivity index (χ1n) is 14.7. The number of hydrogen-bond donors (Lipinski definition) is 2. The van der Waals surface area contributed by atoms with Gasteiger partial charge in [0.25, 0.3) is 5.92 Å². The van der Waals surface area contributed by atoms with Crippen molar-refractivity contribution in [2.24, 2.45) is 0 Å². The Labute approximate surface area is 257 Å². The van der Waals surface area contributed by atoms with Gasteiger partial charge in [0.15, 0.2) is 0 Å². The number of likely N-dealkylation sites (N-methyl/N-ethyl adjacent to an activating group) is 1. The molecule has 45 heavy (non-hydrogen) atoms. The third kappa shape index (κ3) is 6.11. The summed E-state index contributed by atoms with van der Waals surface area (Å²) >= 11 is 0. The molecule has 1 aliphatic heterocycles. The van der Waals surface area contributed by atoms with Crippen LogP contribution in [0.1, 0.15) is 12.0 Å². The lowest BCUT2D eigenvalue weighted by Gasteiger charge is -2.15. The second-order valence-corrected chi connectivity index (χ2v) is 11.7. The van der Waals surface area contributed by atoms with Crippen molar-refractivity contribution in [3.05, 3.63) is 78.6 Å². The summed E-state index contributed by atoms with van der Waals surface area (Å²) in [6, 6.07) is 12.3. The van der Waals surface area contributed by atoms with E-state index in [1.165, 1.54) is 12.1 Å². The van der Waals surface area contributed by atoms with E-state index >= 15 is 0 Å². The number of pyridine rings is 3. The number of rotatable bonds is 9. The fourth-order valence-corrected chi connectivity index (χ4v) is 5.73. The number of alkyl halides is 2. The molecule has 0 bridgehead atoms. The van der Waals surface area contributed by atoms with Gasteiger partial charge < -0.3 is 14.6 Å². The van der Waals surface area contributed by atoms with Crippen molar-refractivity contribution < 1.29 is 17.9 Å². The van der Waals surface area contributed by atoms with Gasteiger partial charge in [-0.1, -0.05) is 0 Å². The summed E-state index contributed by atoms with van der Waals surface area (Å²) in [6.45, 7) is 1.65. The molecule has 0 atom stereocenters. The zero-order chi connectivity index (χ0) is 31.1. The lowest BCUT2D eigenvalue weighted by Crippen LogP contribution is -2.24. The maximum atomic E-state index is 14.7. The molecule has 1 aromatic carbocycles. The molecule has 0 radical (unpaired) electrons. The van der Waals surface area contributed by atoms with E-state index in [1.54, 1.807) is 35.8 Å². The molecule has 0 saturated carbocycles. The second-order valence-electron chi connectivity index (χ2n) is 11.7. The molecule has 1 saturated heterocycles. The predicted molar refractivity (Wildman–Crippen MR) is 166 cm³/mol. The smallest absolute Gasteiger partial charge is 0.261 e. The number of ether oxygens (including phenoxy) is 1. The van der Waals surface area contributed by atoms with Crippen molar-refractivity contribution in [3.8, 4) is 39.7 Å². The van der Waals surface area contributed by atoms with E-state index in [4.69, 9.17) is 4.74 Å². The van der Waals surface area contributed by atoms with Crippen LogP contribution >= 0.6 is 0 Å². The van der Waals surface area contributed by atoms with Crippen molar-refractivity contribution in [2.75, 3.05) is 40.3 Å². The van der Waals surface area contributed by atoms with Gasteiger partial charge in [-0.15, -0.1) is 0 Å². The second kappa shape index (κ2) is 11.6. The fraction of sp³-hybridized carbons (Fsp3) is 0.273. The van der Waals surface area contributed by atoms with Gasteiger partial charge in [0, 0.05) is 78.1 Å². The molecular weight excluding hydrogens is 581 g/mol. The lowest BCUT2D eigenvalue weighted by atomic mass is 10.1. The van der Waals surface area contributed by atoms with E-state index in [-0.39, 0.29) is 13.0 Å². The van der Waals surface area contributed by atoms with Gasteiger partial charge in [0.1, 0.15) is 23.9 Å². The molecule has 0 unspecified atom stereocenters. The molecule has 230 valence electrons. The van der Waals surface area contributed by atoms with Crippen molar-refractivity contribution in [3.63, 3.8) is 0 Å². The molecule has 2 N–H and O–H groups in total. The Morgan fingerprint density at radius 2 is 1.82 bits per heavy atom. The summed E-state index contributed by atoms with van der Waals surface area (Å²) in [7, 11) is 3.90.